The standard InChI is InChI=1S/C16H11F2N7/c1-7-22-14-11(25(7)2)5-9(17)8(13(14)18)3-4-10-12-15(19)20-6-21-16(12)24-23-10/h5-6H,1-2H3,(H3,19,20,21,23,24). The Hall–Kier alpha value is -3.54. The number of fused-ring (bicyclic) bond motifs is 2. The lowest BCUT2D eigenvalue weighted by Crippen LogP contribution is -1.95. The van der Waals surface area contributed by atoms with Gasteiger partial charge in [-0.25, -0.2) is 23.7 Å². The molecule has 0 aliphatic carbocycles. The van der Waals surface area contributed by atoms with Crippen LogP contribution in [0.15, 0.2) is 12.4 Å². The number of nitrogens with two attached hydrogens (primary N) is 1. The van der Waals surface area contributed by atoms with E-state index in [-0.39, 0.29) is 22.6 Å². The second kappa shape index (κ2) is 5.24. The van der Waals surface area contributed by atoms with Crippen molar-refractivity contribution >= 4 is 27.9 Å². The average Bonchev–Trinajstić information content (AvgIpc) is 3.12. The van der Waals surface area contributed by atoms with Gasteiger partial charge in [-0.2, -0.15) is 5.10 Å². The van der Waals surface area contributed by atoms with Gasteiger partial charge in [0.25, 0.3) is 0 Å². The van der Waals surface area contributed by atoms with E-state index in [1.165, 1.54) is 12.4 Å². The summed E-state index contributed by atoms with van der Waals surface area (Å²) in [4.78, 5) is 11.9. The first-order valence-corrected chi connectivity index (χ1v) is 7.25. The fourth-order valence-electron chi connectivity index (χ4n) is 2.58. The maximum absolute atomic E-state index is 14.7. The molecule has 0 fully saturated rings. The number of benzene rings is 1. The third-order valence-corrected chi connectivity index (χ3v) is 3.99. The lowest BCUT2D eigenvalue weighted by atomic mass is 10.1. The molecule has 0 saturated heterocycles. The number of halogens is 2. The Labute approximate surface area is 139 Å². The van der Waals surface area contributed by atoms with E-state index >= 15 is 0 Å². The predicted molar refractivity (Wildman–Crippen MR) is 87.4 cm³/mol. The average molecular weight is 339 g/mol. The van der Waals surface area contributed by atoms with Crippen LogP contribution in [0.3, 0.4) is 0 Å². The molecule has 0 amide bonds. The lowest BCUT2D eigenvalue weighted by Gasteiger charge is -2.00. The second-order valence-corrected chi connectivity index (χ2v) is 5.44. The lowest BCUT2D eigenvalue weighted by molar-refractivity contribution is 0.584. The Morgan fingerprint density at radius 1 is 1.24 bits per heavy atom. The van der Waals surface area contributed by atoms with Crippen LogP contribution in [0.4, 0.5) is 14.6 Å². The molecule has 0 saturated carbocycles. The quantitative estimate of drug-likeness (QED) is 0.476. The SMILES string of the molecule is Cc1nc2c(F)c(C#Cc3[nH]nc4ncnc(N)c34)c(F)cc2n1C. The van der Waals surface area contributed by atoms with Gasteiger partial charge in [0, 0.05) is 13.1 Å². The number of nitrogens with one attached hydrogen (secondary N) is 1. The minimum absolute atomic E-state index is 0.0722. The summed E-state index contributed by atoms with van der Waals surface area (Å²) in [6.45, 7) is 1.71. The molecule has 7 nitrogen and oxygen atoms in total. The van der Waals surface area contributed by atoms with Crippen molar-refractivity contribution in [2.75, 3.05) is 5.73 Å². The summed E-state index contributed by atoms with van der Waals surface area (Å²) in [6, 6.07) is 1.21. The summed E-state index contributed by atoms with van der Waals surface area (Å²) in [6.07, 6.45) is 1.27. The second-order valence-electron chi connectivity index (χ2n) is 5.44. The molecule has 3 heterocycles. The minimum Gasteiger partial charge on any atom is -0.383 e. The number of aromatic amines is 1. The van der Waals surface area contributed by atoms with Gasteiger partial charge in [0.1, 0.15) is 35.0 Å². The summed E-state index contributed by atoms with van der Waals surface area (Å²) in [5.41, 5.74) is 6.46. The van der Waals surface area contributed by atoms with Gasteiger partial charge in [0.15, 0.2) is 11.5 Å². The van der Waals surface area contributed by atoms with Crippen LogP contribution in [-0.4, -0.2) is 29.7 Å². The van der Waals surface area contributed by atoms with E-state index in [1.54, 1.807) is 18.5 Å². The zero-order valence-corrected chi connectivity index (χ0v) is 13.2. The molecule has 0 spiro atoms. The van der Waals surface area contributed by atoms with Crippen molar-refractivity contribution in [2.24, 2.45) is 7.05 Å². The molecule has 0 bridgehead atoms. The highest BCUT2D eigenvalue weighted by atomic mass is 19.1. The van der Waals surface area contributed by atoms with Crippen molar-refractivity contribution in [3.63, 3.8) is 0 Å². The van der Waals surface area contributed by atoms with Gasteiger partial charge in [-0.15, -0.1) is 0 Å². The highest BCUT2D eigenvalue weighted by molar-refractivity contribution is 5.90. The van der Waals surface area contributed by atoms with Crippen LogP contribution in [0.1, 0.15) is 17.1 Å². The Bertz CT molecular complexity index is 1210. The van der Waals surface area contributed by atoms with Crippen LogP contribution >= 0.6 is 0 Å². The monoisotopic (exact) mass is 339 g/mol. The number of rotatable bonds is 0. The van der Waals surface area contributed by atoms with E-state index < -0.39 is 11.6 Å². The van der Waals surface area contributed by atoms with Gasteiger partial charge in [-0.1, -0.05) is 5.92 Å². The van der Waals surface area contributed by atoms with Crippen molar-refractivity contribution in [3.05, 3.63) is 41.1 Å². The molecule has 0 aliphatic rings. The molecular formula is C16H11F2N7. The smallest absolute Gasteiger partial charge is 0.187 e. The number of anilines is 1. The molecule has 3 N–H and O–H groups in total. The van der Waals surface area contributed by atoms with Gasteiger partial charge < -0.3 is 10.3 Å². The third-order valence-electron chi connectivity index (χ3n) is 3.99. The summed E-state index contributed by atoms with van der Waals surface area (Å²) in [5.74, 6) is 4.32. The molecule has 0 unspecified atom stereocenters. The van der Waals surface area contributed by atoms with Crippen molar-refractivity contribution < 1.29 is 8.78 Å². The van der Waals surface area contributed by atoms with Gasteiger partial charge in [-0.3, -0.25) is 5.10 Å². The number of H-pyrrole nitrogens is 1. The number of hydrogen-bond acceptors (Lipinski definition) is 5. The molecule has 9 heteroatoms. The number of nitrogens with zero attached hydrogens (tertiary/aromatic N) is 5. The fourth-order valence-corrected chi connectivity index (χ4v) is 2.58. The largest absolute Gasteiger partial charge is 0.383 e. The molecule has 3 aromatic heterocycles. The Morgan fingerprint density at radius 3 is 2.84 bits per heavy atom. The maximum atomic E-state index is 14.7. The van der Waals surface area contributed by atoms with Crippen LogP contribution in [0.25, 0.3) is 22.1 Å². The van der Waals surface area contributed by atoms with Crippen LogP contribution in [-0.2, 0) is 7.05 Å². The zero-order valence-electron chi connectivity index (χ0n) is 13.2. The molecule has 1 aromatic carbocycles. The van der Waals surface area contributed by atoms with Gasteiger partial charge in [0.2, 0.25) is 0 Å². The number of aromatic nitrogens is 6. The van der Waals surface area contributed by atoms with Crippen LogP contribution in [0.5, 0.6) is 0 Å². The topological polar surface area (TPSA) is 98.3 Å². The molecule has 124 valence electrons. The van der Waals surface area contributed by atoms with E-state index in [4.69, 9.17) is 5.73 Å². The summed E-state index contributed by atoms with van der Waals surface area (Å²) < 4.78 is 30.6. The van der Waals surface area contributed by atoms with Crippen LogP contribution < -0.4 is 5.73 Å². The summed E-state index contributed by atoms with van der Waals surface area (Å²) in [5, 5.41) is 6.99. The first-order chi connectivity index (χ1) is 12.0. The van der Waals surface area contributed by atoms with E-state index in [0.717, 1.165) is 0 Å². The number of nitrogen functional groups attached to an aromatic ring is 1. The van der Waals surface area contributed by atoms with Gasteiger partial charge in [0.05, 0.1) is 16.5 Å². The highest BCUT2D eigenvalue weighted by Gasteiger charge is 2.17. The number of hydrogen-bond donors (Lipinski definition) is 2. The molecule has 25 heavy (non-hydrogen) atoms. The fraction of sp³-hybridized carbons (Fsp3) is 0.125. The molecule has 4 aromatic rings. The van der Waals surface area contributed by atoms with E-state index in [9.17, 15) is 8.78 Å². The van der Waals surface area contributed by atoms with Crippen molar-refractivity contribution in [2.45, 2.75) is 6.92 Å². The maximum Gasteiger partial charge on any atom is 0.187 e. The number of aryl methyl sites for hydroxylation is 2. The van der Waals surface area contributed by atoms with Crippen LogP contribution in [0.2, 0.25) is 0 Å². The Morgan fingerprint density at radius 2 is 2.04 bits per heavy atom. The van der Waals surface area contributed by atoms with E-state index in [0.29, 0.717) is 22.4 Å². The Balaban J connectivity index is 1.91. The van der Waals surface area contributed by atoms with Crippen LogP contribution in [0, 0.1) is 30.4 Å². The first kappa shape index (κ1) is 15.0. The molecule has 0 aliphatic heterocycles. The normalized spacial score (nSPS) is 11.0. The van der Waals surface area contributed by atoms with Gasteiger partial charge in [-0.05, 0) is 12.8 Å². The summed E-state index contributed by atoms with van der Waals surface area (Å²) >= 11 is 0. The summed E-state index contributed by atoms with van der Waals surface area (Å²) in [7, 11) is 1.69. The van der Waals surface area contributed by atoms with E-state index in [1.807, 2.05) is 0 Å². The van der Waals surface area contributed by atoms with E-state index in [2.05, 4.69) is 37.0 Å². The highest BCUT2D eigenvalue weighted by Crippen LogP contribution is 2.24. The van der Waals surface area contributed by atoms with Crippen molar-refractivity contribution in [1.82, 2.24) is 29.7 Å². The first-order valence-electron chi connectivity index (χ1n) is 7.25. The molecule has 0 radical (unpaired) electrons. The third kappa shape index (κ3) is 2.19. The zero-order chi connectivity index (χ0) is 17.7. The van der Waals surface area contributed by atoms with Gasteiger partial charge >= 0.3 is 0 Å². The van der Waals surface area contributed by atoms with Crippen molar-refractivity contribution in [3.8, 4) is 11.8 Å². The molecular weight excluding hydrogens is 328 g/mol. The van der Waals surface area contributed by atoms with Crippen molar-refractivity contribution in [1.29, 1.82) is 0 Å². The molecule has 4 rings (SSSR count). The predicted octanol–water partition coefficient (Wildman–Crippen LogP) is 1.81. The minimum atomic E-state index is -0.806. The molecule has 0 atom stereocenters. The Kier molecular flexibility index (Phi) is 3.15. The number of imidazole rings is 1.